The van der Waals surface area contributed by atoms with E-state index in [1.165, 1.54) is 57.8 Å². The highest BCUT2D eigenvalue weighted by molar-refractivity contribution is 4.86. The van der Waals surface area contributed by atoms with Crippen LogP contribution in [0.15, 0.2) is 24.3 Å². The van der Waals surface area contributed by atoms with Crippen molar-refractivity contribution >= 4 is 0 Å². The van der Waals surface area contributed by atoms with E-state index in [0.717, 1.165) is 0 Å². The van der Waals surface area contributed by atoms with Crippen molar-refractivity contribution in [1.29, 1.82) is 0 Å². The van der Waals surface area contributed by atoms with Crippen LogP contribution in [0.2, 0.25) is 0 Å². The summed E-state index contributed by atoms with van der Waals surface area (Å²) in [6.07, 6.45) is 23.5. The molecule has 1 rings (SSSR count). The Balaban J connectivity index is 2.16. The zero-order valence-electron chi connectivity index (χ0n) is 9.25. The quantitative estimate of drug-likeness (QED) is 0.481. The predicted octanol–water partition coefficient (Wildman–Crippen LogP) is 4.83. The smallest absolute Gasteiger partial charge is 0.0348 e. The first-order valence-corrected chi connectivity index (χ1v) is 6.12. The molecule has 0 aliphatic heterocycles. The van der Waals surface area contributed by atoms with Gasteiger partial charge in [-0.15, -0.1) is 0 Å². The third kappa shape index (κ3) is 6.94. The van der Waals surface area contributed by atoms with Gasteiger partial charge in [0.1, 0.15) is 0 Å². The maximum atomic E-state index is 2.43. The standard InChI is InChI=1S/C14H23/c1-2-4-6-8-10-12-14-13-11-9-7-5-3-1/h1-2,7,12,14H,3-6,8-11,13H2. The zero-order chi connectivity index (χ0) is 9.90. The van der Waals surface area contributed by atoms with Crippen LogP contribution < -0.4 is 0 Å². The SMILES string of the molecule is [CH]1CCC=CCCCCC=CCCC1. The molecule has 79 valence electrons. The molecule has 1 aliphatic rings. The van der Waals surface area contributed by atoms with Crippen LogP contribution in [0.5, 0.6) is 0 Å². The van der Waals surface area contributed by atoms with Crippen LogP contribution in [0.4, 0.5) is 0 Å². The highest BCUT2D eigenvalue weighted by Crippen LogP contribution is 2.08. The summed E-state index contributed by atoms with van der Waals surface area (Å²) in [4.78, 5) is 0. The van der Waals surface area contributed by atoms with Gasteiger partial charge in [0.05, 0.1) is 0 Å². The third-order valence-corrected chi connectivity index (χ3v) is 2.64. The van der Waals surface area contributed by atoms with Crippen molar-refractivity contribution in [2.45, 2.75) is 57.8 Å². The molecule has 1 radical (unpaired) electrons. The number of allylic oxidation sites excluding steroid dienone is 4. The lowest BCUT2D eigenvalue weighted by molar-refractivity contribution is 0.743. The van der Waals surface area contributed by atoms with Crippen LogP contribution >= 0.6 is 0 Å². The van der Waals surface area contributed by atoms with Crippen molar-refractivity contribution in [1.82, 2.24) is 0 Å². The van der Waals surface area contributed by atoms with Gasteiger partial charge in [0.2, 0.25) is 0 Å². The Labute approximate surface area is 89.1 Å². The van der Waals surface area contributed by atoms with Gasteiger partial charge in [0.25, 0.3) is 0 Å². The average Bonchev–Trinajstić information content (AvgIpc) is 2.22. The minimum absolute atomic E-state index is 1.25. The Morgan fingerprint density at radius 3 is 1.71 bits per heavy atom. The number of rotatable bonds is 0. The Kier molecular flexibility index (Phi) is 7.47. The van der Waals surface area contributed by atoms with E-state index in [9.17, 15) is 0 Å². The van der Waals surface area contributed by atoms with Crippen LogP contribution in [0.1, 0.15) is 57.8 Å². The van der Waals surface area contributed by atoms with E-state index >= 15 is 0 Å². The molecule has 0 spiro atoms. The van der Waals surface area contributed by atoms with Gasteiger partial charge in [-0.2, -0.15) is 0 Å². The van der Waals surface area contributed by atoms with E-state index in [4.69, 9.17) is 0 Å². The first-order chi connectivity index (χ1) is 7.00. The second-order valence-corrected chi connectivity index (χ2v) is 4.02. The van der Waals surface area contributed by atoms with Gasteiger partial charge in [-0.25, -0.2) is 0 Å². The van der Waals surface area contributed by atoms with E-state index in [1.54, 1.807) is 0 Å². The topological polar surface area (TPSA) is 0 Å². The molecule has 0 amide bonds. The van der Waals surface area contributed by atoms with E-state index in [0.29, 0.717) is 0 Å². The molecule has 0 heterocycles. The largest absolute Gasteiger partial charge is 0.0885 e. The molecule has 0 atom stereocenters. The van der Waals surface area contributed by atoms with Gasteiger partial charge in [0, 0.05) is 0 Å². The van der Waals surface area contributed by atoms with E-state index in [1.807, 2.05) is 0 Å². The summed E-state index contributed by atoms with van der Waals surface area (Å²) < 4.78 is 0. The fourth-order valence-electron chi connectivity index (χ4n) is 1.73. The lowest BCUT2D eigenvalue weighted by Gasteiger charge is -1.98. The summed E-state index contributed by atoms with van der Waals surface area (Å²) in [5, 5.41) is 0. The lowest BCUT2D eigenvalue weighted by Crippen LogP contribution is -1.80. The Morgan fingerprint density at radius 2 is 1.00 bits per heavy atom. The molecule has 0 saturated carbocycles. The van der Waals surface area contributed by atoms with Gasteiger partial charge >= 0.3 is 0 Å². The predicted molar refractivity (Wildman–Crippen MR) is 64.1 cm³/mol. The van der Waals surface area contributed by atoms with Crippen molar-refractivity contribution in [3.05, 3.63) is 30.7 Å². The molecule has 14 heavy (non-hydrogen) atoms. The fourth-order valence-corrected chi connectivity index (χ4v) is 1.73. The van der Waals surface area contributed by atoms with Crippen molar-refractivity contribution in [2.75, 3.05) is 0 Å². The molecule has 0 saturated heterocycles. The van der Waals surface area contributed by atoms with Gasteiger partial charge < -0.3 is 0 Å². The Bertz CT molecular complexity index is 145. The zero-order valence-corrected chi connectivity index (χ0v) is 9.25. The summed E-state index contributed by atoms with van der Waals surface area (Å²) in [6, 6.07) is 0. The minimum atomic E-state index is 1.25. The average molecular weight is 191 g/mol. The Morgan fingerprint density at radius 1 is 0.429 bits per heavy atom. The molecule has 0 N–H and O–H groups in total. The van der Waals surface area contributed by atoms with Gasteiger partial charge in [-0.05, 0) is 64.2 Å². The second kappa shape index (κ2) is 9.05. The maximum absolute atomic E-state index is 2.43. The normalized spacial score (nSPS) is 21.7. The van der Waals surface area contributed by atoms with Crippen LogP contribution in [0.25, 0.3) is 0 Å². The molecular weight excluding hydrogens is 168 g/mol. The highest BCUT2D eigenvalue weighted by atomic mass is 14.0. The van der Waals surface area contributed by atoms with Gasteiger partial charge in [-0.1, -0.05) is 24.3 Å². The van der Waals surface area contributed by atoms with Crippen LogP contribution in [0.3, 0.4) is 0 Å². The first-order valence-electron chi connectivity index (χ1n) is 6.12. The monoisotopic (exact) mass is 191 g/mol. The van der Waals surface area contributed by atoms with Crippen molar-refractivity contribution < 1.29 is 0 Å². The fraction of sp³-hybridized carbons (Fsp3) is 0.643. The minimum Gasteiger partial charge on any atom is -0.0885 e. The summed E-state index contributed by atoms with van der Waals surface area (Å²) in [5.74, 6) is 0. The molecule has 0 aromatic carbocycles. The summed E-state index contributed by atoms with van der Waals surface area (Å²) in [7, 11) is 0. The van der Waals surface area contributed by atoms with Gasteiger partial charge in [0.15, 0.2) is 0 Å². The molecule has 0 heteroatoms. The molecule has 0 nitrogen and oxygen atoms in total. The van der Waals surface area contributed by atoms with Crippen molar-refractivity contribution in [3.8, 4) is 0 Å². The van der Waals surface area contributed by atoms with E-state index < -0.39 is 0 Å². The molecular formula is C14H23. The molecule has 0 fully saturated rings. The second-order valence-electron chi connectivity index (χ2n) is 4.02. The summed E-state index contributed by atoms with van der Waals surface area (Å²) in [6.45, 7) is 0. The Hall–Kier alpha value is -0.520. The maximum Gasteiger partial charge on any atom is -0.0348 e. The molecule has 0 bridgehead atoms. The van der Waals surface area contributed by atoms with Crippen molar-refractivity contribution in [3.63, 3.8) is 0 Å². The lowest BCUT2D eigenvalue weighted by atomic mass is 10.1. The van der Waals surface area contributed by atoms with Crippen LogP contribution in [-0.2, 0) is 0 Å². The number of hydrogen-bond acceptors (Lipinski definition) is 0. The molecule has 1 aliphatic carbocycles. The molecule has 0 aromatic heterocycles. The van der Waals surface area contributed by atoms with Crippen LogP contribution in [0, 0.1) is 6.42 Å². The summed E-state index contributed by atoms with van der Waals surface area (Å²) in [5.41, 5.74) is 0. The van der Waals surface area contributed by atoms with E-state index in [2.05, 4.69) is 30.7 Å². The first kappa shape index (κ1) is 11.6. The van der Waals surface area contributed by atoms with E-state index in [-0.39, 0.29) is 0 Å². The number of hydrogen-bond donors (Lipinski definition) is 0. The molecule has 0 unspecified atom stereocenters. The van der Waals surface area contributed by atoms with Crippen LogP contribution in [-0.4, -0.2) is 0 Å². The van der Waals surface area contributed by atoms with Gasteiger partial charge in [-0.3, -0.25) is 0 Å². The summed E-state index contributed by atoms with van der Waals surface area (Å²) >= 11 is 0. The third-order valence-electron chi connectivity index (χ3n) is 2.64. The highest BCUT2D eigenvalue weighted by Gasteiger charge is 1.89. The van der Waals surface area contributed by atoms with Crippen molar-refractivity contribution in [2.24, 2.45) is 0 Å². The molecule has 0 aromatic rings.